The minimum absolute atomic E-state index is 0.179. The van der Waals surface area contributed by atoms with Crippen molar-refractivity contribution in [1.29, 1.82) is 0 Å². The Labute approximate surface area is 144 Å². The zero-order valence-corrected chi connectivity index (χ0v) is 15.1. The molecule has 0 spiro atoms. The molecule has 2 heterocycles. The second kappa shape index (κ2) is 7.05. The number of nitrogens with one attached hydrogen (secondary N) is 2. The molecular weight excluding hydrogens is 386 g/mol. The van der Waals surface area contributed by atoms with E-state index in [9.17, 15) is 14.4 Å². The predicted molar refractivity (Wildman–Crippen MR) is 89.3 cm³/mol. The van der Waals surface area contributed by atoms with Crippen molar-refractivity contribution in [2.45, 2.75) is 20.8 Å². The lowest BCUT2D eigenvalue weighted by Crippen LogP contribution is -2.15. The topological polar surface area (TPSA) is 101 Å². The quantitative estimate of drug-likeness (QED) is 0.593. The van der Waals surface area contributed by atoms with E-state index in [0.29, 0.717) is 14.9 Å². The largest absolute Gasteiger partial charge is 0.462 e. The van der Waals surface area contributed by atoms with E-state index in [1.807, 2.05) is 0 Å². The van der Waals surface area contributed by atoms with Gasteiger partial charge in [0.2, 0.25) is 0 Å². The van der Waals surface area contributed by atoms with E-state index < -0.39 is 11.9 Å². The number of thiophene rings is 1. The van der Waals surface area contributed by atoms with Crippen LogP contribution in [0.3, 0.4) is 0 Å². The molecule has 1 amide bonds. The lowest BCUT2D eigenvalue weighted by molar-refractivity contribution is 0.0527. The van der Waals surface area contributed by atoms with Crippen LogP contribution in [0.4, 0.5) is 5.00 Å². The standard InChI is InChI=1S/C14H14BrN3O4S/c1-4-22-14(21)9-6(2)11(7(3)19)23-13(9)17-12(20)10-8(15)5-16-18-10/h5H,4H2,1-3H3,(H,16,18)(H,17,20). The van der Waals surface area contributed by atoms with E-state index in [1.54, 1.807) is 13.8 Å². The number of Topliss-reactive ketones (excluding diaryl/α,β-unsaturated/α-hetero) is 1. The van der Waals surface area contributed by atoms with Crippen molar-refractivity contribution in [3.8, 4) is 0 Å². The molecule has 2 aromatic heterocycles. The van der Waals surface area contributed by atoms with Gasteiger partial charge in [-0.3, -0.25) is 14.7 Å². The summed E-state index contributed by atoms with van der Waals surface area (Å²) in [5, 5.41) is 9.21. The zero-order chi connectivity index (χ0) is 17.1. The van der Waals surface area contributed by atoms with Crippen LogP contribution in [0.2, 0.25) is 0 Å². The predicted octanol–water partition coefficient (Wildman–Crippen LogP) is 3.17. The number of esters is 1. The van der Waals surface area contributed by atoms with Crippen LogP contribution in [-0.2, 0) is 4.74 Å². The smallest absolute Gasteiger partial charge is 0.341 e. The van der Waals surface area contributed by atoms with E-state index in [1.165, 1.54) is 13.1 Å². The first-order chi connectivity index (χ1) is 10.9. The van der Waals surface area contributed by atoms with Crippen LogP contribution >= 0.6 is 27.3 Å². The zero-order valence-electron chi connectivity index (χ0n) is 12.7. The fourth-order valence-electron chi connectivity index (χ4n) is 1.98. The number of hydrogen-bond donors (Lipinski definition) is 2. The third-order valence-corrected chi connectivity index (χ3v) is 4.90. The van der Waals surface area contributed by atoms with Gasteiger partial charge in [0.1, 0.15) is 10.7 Å². The van der Waals surface area contributed by atoms with Crippen LogP contribution in [0.1, 0.15) is 49.9 Å². The van der Waals surface area contributed by atoms with E-state index in [4.69, 9.17) is 4.74 Å². The van der Waals surface area contributed by atoms with E-state index in [0.717, 1.165) is 11.3 Å². The first kappa shape index (κ1) is 17.4. The highest BCUT2D eigenvalue weighted by molar-refractivity contribution is 9.10. The number of nitrogens with zero attached hydrogens (tertiary/aromatic N) is 1. The summed E-state index contributed by atoms with van der Waals surface area (Å²) in [6, 6.07) is 0. The summed E-state index contributed by atoms with van der Waals surface area (Å²) >= 11 is 4.25. The fraction of sp³-hybridized carbons (Fsp3) is 0.286. The summed E-state index contributed by atoms with van der Waals surface area (Å²) in [6.45, 7) is 4.95. The van der Waals surface area contributed by atoms with Gasteiger partial charge in [-0.05, 0) is 42.3 Å². The molecule has 0 aliphatic heterocycles. The molecule has 0 aliphatic rings. The van der Waals surface area contributed by atoms with Gasteiger partial charge < -0.3 is 10.1 Å². The molecule has 0 saturated carbocycles. The van der Waals surface area contributed by atoms with Crippen LogP contribution < -0.4 is 5.32 Å². The highest BCUT2D eigenvalue weighted by Gasteiger charge is 2.26. The molecule has 7 nitrogen and oxygen atoms in total. The van der Waals surface area contributed by atoms with E-state index >= 15 is 0 Å². The van der Waals surface area contributed by atoms with Crippen LogP contribution in [0.15, 0.2) is 10.7 Å². The van der Waals surface area contributed by atoms with Gasteiger partial charge in [0.15, 0.2) is 5.78 Å². The van der Waals surface area contributed by atoms with E-state index in [2.05, 4.69) is 31.4 Å². The summed E-state index contributed by atoms with van der Waals surface area (Å²) in [5.74, 6) is -1.23. The van der Waals surface area contributed by atoms with E-state index in [-0.39, 0.29) is 28.6 Å². The molecule has 0 radical (unpaired) electrons. The minimum atomic E-state index is -0.576. The first-order valence-corrected chi connectivity index (χ1v) is 8.29. The Morgan fingerprint density at radius 1 is 1.43 bits per heavy atom. The first-order valence-electron chi connectivity index (χ1n) is 6.68. The maximum absolute atomic E-state index is 12.3. The van der Waals surface area contributed by atoms with Crippen molar-refractivity contribution in [1.82, 2.24) is 10.2 Å². The number of ketones is 1. The van der Waals surface area contributed by atoms with Crippen molar-refractivity contribution in [2.24, 2.45) is 0 Å². The number of carbonyl (C=O) groups excluding carboxylic acids is 3. The molecule has 0 saturated heterocycles. The van der Waals surface area contributed by atoms with Crippen molar-refractivity contribution in [2.75, 3.05) is 11.9 Å². The van der Waals surface area contributed by atoms with Crippen LogP contribution in [0.25, 0.3) is 0 Å². The normalized spacial score (nSPS) is 10.4. The summed E-state index contributed by atoms with van der Waals surface area (Å²) in [7, 11) is 0. The van der Waals surface area contributed by atoms with Gasteiger partial charge in [0.05, 0.1) is 27.7 Å². The molecule has 0 fully saturated rings. The maximum Gasteiger partial charge on any atom is 0.341 e. The van der Waals surface area contributed by atoms with Gasteiger partial charge in [0, 0.05) is 0 Å². The molecule has 2 aromatic rings. The number of amides is 1. The average Bonchev–Trinajstić information content (AvgIpc) is 3.03. The summed E-state index contributed by atoms with van der Waals surface area (Å²) in [6.07, 6.45) is 1.45. The van der Waals surface area contributed by atoms with Crippen LogP contribution in [0, 0.1) is 6.92 Å². The number of aromatic amines is 1. The fourth-order valence-corrected chi connectivity index (χ4v) is 3.44. The Kier molecular flexibility index (Phi) is 5.32. The molecular formula is C14H14BrN3O4S. The van der Waals surface area contributed by atoms with Gasteiger partial charge in [-0.15, -0.1) is 11.3 Å². The molecule has 0 bridgehead atoms. The van der Waals surface area contributed by atoms with Crippen molar-refractivity contribution < 1.29 is 19.1 Å². The Balaban J connectivity index is 2.42. The number of ether oxygens (including phenoxy) is 1. The highest BCUT2D eigenvalue weighted by atomic mass is 79.9. The third kappa shape index (κ3) is 3.50. The van der Waals surface area contributed by atoms with Crippen molar-refractivity contribution in [3.63, 3.8) is 0 Å². The maximum atomic E-state index is 12.3. The molecule has 23 heavy (non-hydrogen) atoms. The Hall–Kier alpha value is -2.00. The van der Waals surface area contributed by atoms with Gasteiger partial charge >= 0.3 is 5.97 Å². The van der Waals surface area contributed by atoms with Gasteiger partial charge in [-0.25, -0.2) is 4.79 Å². The number of anilines is 1. The van der Waals surface area contributed by atoms with Gasteiger partial charge in [0.25, 0.3) is 5.91 Å². The average molecular weight is 400 g/mol. The highest BCUT2D eigenvalue weighted by Crippen LogP contribution is 2.34. The molecule has 122 valence electrons. The second-order valence-electron chi connectivity index (χ2n) is 4.58. The molecule has 9 heteroatoms. The van der Waals surface area contributed by atoms with Crippen LogP contribution in [-0.4, -0.2) is 34.5 Å². The molecule has 0 unspecified atom stereocenters. The summed E-state index contributed by atoms with van der Waals surface area (Å²) in [5.41, 5.74) is 0.918. The van der Waals surface area contributed by atoms with Gasteiger partial charge in [-0.2, -0.15) is 5.10 Å². The number of rotatable bonds is 5. The Morgan fingerprint density at radius 2 is 2.13 bits per heavy atom. The monoisotopic (exact) mass is 399 g/mol. The number of hydrogen-bond acceptors (Lipinski definition) is 6. The number of H-pyrrole nitrogens is 1. The molecule has 0 atom stereocenters. The summed E-state index contributed by atoms with van der Waals surface area (Å²) < 4.78 is 5.51. The number of carbonyl (C=O) groups is 3. The Morgan fingerprint density at radius 3 is 2.65 bits per heavy atom. The lowest BCUT2D eigenvalue weighted by atomic mass is 10.1. The molecule has 2 N–H and O–H groups in total. The Bertz CT molecular complexity index is 781. The van der Waals surface area contributed by atoms with Crippen LogP contribution in [0.5, 0.6) is 0 Å². The molecule has 2 rings (SSSR count). The second-order valence-corrected chi connectivity index (χ2v) is 6.46. The SMILES string of the molecule is CCOC(=O)c1c(NC(=O)c2[nH]ncc2Br)sc(C(C)=O)c1C. The van der Waals surface area contributed by atoms with Crippen molar-refractivity contribution >= 4 is 49.9 Å². The molecule has 0 aromatic carbocycles. The number of halogens is 1. The van der Waals surface area contributed by atoms with Crippen molar-refractivity contribution in [3.05, 3.63) is 32.4 Å². The van der Waals surface area contributed by atoms with Gasteiger partial charge in [-0.1, -0.05) is 0 Å². The lowest BCUT2D eigenvalue weighted by Gasteiger charge is -2.06. The number of aromatic nitrogens is 2. The summed E-state index contributed by atoms with van der Waals surface area (Å²) in [4.78, 5) is 36.5. The minimum Gasteiger partial charge on any atom is -0.462 e. The third-order valence-electron chi connectivity index (χ3n) is 2.99. The molecule has 0 aliphatic carbocycles.